The molecule has 0 bridgehead atoms. The Morgan fingerprint density at radius 2 is 1.60 bits per heavy atom. The third-order valence-electron chi connectivity index (χ3n) is 4.24. The van der Waals surface area contributed by atoms with Crippen LogP contribution in [0.1, 0.15) is 22.1 Å². The maximum absolute atomic E-state index is 13.2. The molecule has 0 aromatic heterocycles. The average molecular weight is 351 g/mol. The molecule has 0 radical (unpaired) electrons. The molecule has 1 atom stereocenters. The molecular formula is C20H15ClN2O2. The smallest absolute Gasteiger partial charge is 0.262 e. The summed E-state index contributed by atoms with van der Waals surface area (Å²) < 4.78 is 0. The van der Waals surface area contributed by atoms with Crippen molar-refractivity contribution in [1.82, 2.24) is 0 Å². The quantitative estimate of drug-likeness (QED) is 0.697. The van der Waals surface area contributed by atoms with Gasteiger partial charge < -0.3 is 10.4 Å². The van der Waals surface area contributed by atoms with Crippen LogP contribution in [0.2, 0.25) is 5.02 Å². The summed E-state index contributed by atoms with van der Waals surface area (Å²) in [4.78, 5) is 14.9. The molecule has 3 aromatic rings. The van der Waals surface area contributed by atoms with Gasteiger partial charge in [0.25, 0.3) is 5.91 Å². The standard InChI is InChI=1S/C20H15ClN2O2/c21-14-7-9-15(10-8-14)23-19(13-5-11-16(24)12-6-13)22-18-4-2-1-3-17(18)20(23)25/h1-12,19,22,24H/t19-/m0/s1. The van der Waals surface area contributed by atoms with E-state index in [0.29, 0.717) is 10.6 Å². The molecule has 0 saturated heterocycles. The van der Waals surface area contributed by atoms with Gasteiger partial charge in [0.1, 0.15) is 11.9 Å². The minimum Gasteiger partial charge on any atom is -0.508 e. The van der Waals surface area contributed by atoms with E-state index in [1.54, 1.807) is 47.4 Å². The minimum atomic E-state index is -0.385. The van der Waals surface area contributed by atoms with Crippen LogP contribution >= 0.6 is 11.6 Å². The summed E-state index contributed by atoms with van der Waals surface area (Å²) in [7, 11) is 0. The van der Waals surface area contributed by atoms with Crippen molar-refractivity contribution in [3.63, 3.8) is 0 Å². The third-order valence-corrected chi connectivity index (χ3v) is 4.49. The number of carbonyl (C=O) groups excluding carboxylic acids is 1. The monoisotopic (exact) mass is 350 g/mol. The van der Waals surface area contributed by atoms with Gasteiger partial charge in [0.2, 0.25) is 0 Å². The average Bonchev–Trinajstić information content (AvgIpc) is 2.63. The van der Waals surface area contributed by atoms with E-state index in [1.807, 2.05) is 30.3 Å². The SMILES string of the molecule is O=C1c2ccccc2N[C@H](c2ccc(O)cc2)N1c1ccc(Cl)cc1. The lowest BCUT2D eigenvalue weighted by Gasteiger charge is -2.38. The highest BCUT2D eigenvalue weighted by atomic mass is 35.5. The molecule has 124 valence electrons. The fourth-order valence-corrected chi connectivity index (χ4v) is 3.14. The van der Waals surface area contributed by atoms with Crippen LogP contribution in [0.25, 0.3) is 0 Å². The summed E-state index contributed by atoms with van der Waals surface area (Å²) in [5.74, 6) is 0.0964. The molecule has 5 heteroatoms. The van der Waals surface area contributed by atoms with Crippen molar-refractivity contribution in [1.29, 1.82) is 0 Å². The molecule has 0 unspecified atom stereocenters. The van der Waals surface area contributed by atoms with Crippen molar-refractivity contribution in [2.45, 2.75) is 6.17 Å². The van der Waals surface area contributed by atoms with Gasteiger partial charge in [0.15, 0.2) is 0 Å². The second kappa shape index (κ2) is 6.15. The fraction of sp³-hybridized carbons (Fsp3) is 0.0500. The molecule has 0 saturated carbocycles. The van der Waals surface area contributed by atoms with Gasteiger partial charge in [-0.15, -0.1) is 0 Å². The largest absolute Gasteiger partial charge is 0.508 e. The Morgan fingerprint density at radius 1 is 0.920 bits per heavy atom. The highest BCUT2D eigenvalue weighted by Crippen LogP contribution is 2.37. The number of hydrogen-bond acceptors (Lipinski definition) is 3. The first-order valence-corrected chi connectivity index (χ1v) is 8.25. The molecule has 0 aliphatic carbocycles. The predicted octanol–water partition coefficient (Wildman–Crippen LogP) is 4.82. The van der Waals surface area contributed by atoms with E-state index in [2.05, 4.69) is 5.32 Å². The molecule has 3 aromatic carbocycles. The lowest BCUT2D eigenvalue weighted by atomic mass is 10.0. The van der Waals surface area contributed by atoms with Gasteiger partial charge in [-0.05, 0) is 54.1 Å². The van der Waals surface area contributed by atoms with Gasteiger partial charge in [0, 0.05) is 16.4 Å². The van der Waals surface area contributed by atoms with E-state index in [1.165, 1.54) is 0 Å². The third kappa shape index (κ3) is 2.81. The lowest BCUT2D eigenvalue weighted by Crippen LogP contribution is -2.43. The molecular weight excluding hydrogens is 336 g/mol. The van der Waals surface area contributed by atoms with Crippen molar-refractivity contribution in [2.24, 2.45) is 0 Å². The summed E-state index contributed by atoms with van der Waals surface area (Å²) in [6.07, 6.45) is -0.385. The number of amides is 1. The summed E-state index contributed by atoms with van der Waals surface area (Å²) in [6.45, 7) is 0. The van der Waals surface area contributed by atoms with Crippen LogP contribution in [0.5, 0.6) is 5.75 Å². The zero-order chi connectivity index (χ0) is 17.4. The molecule has 0 spiro atoms. The minimum absolute atomic E-state index is 0.0882. The number of anilines is 2. The van der Waals surface area contributed by atoms with E-state index < -0.39 is 0 Å². The number of halogens is 1. The lowest BCUT2D eigenvalue weighted by molar-refractivity contribution is 0.0975. The number of carbonyl (C=O) groups is 1. The van der Waals surface area contributed by atoms with Gasteiger partial charge in [-0.3, -0.25) is 9.69 Å². The number of aromatic hydroxyl groups is 1. The summed E-state index contributed by atoms with van der Waals surface area (Å²) in [6, 6.07) is 21.4. The zero-order valence-electron chi connectivity index (χ0n) is 13.2. The number of nitrogens with one attached hydrogen (secondary N) is 1. The summed E-state index contributed by atoms with van der Waals surface area (Å²) in [5, 5.41) is 13.6. The second-order valence-electron chi connectivity index (χ2n) is 5.84. The molecule has 1 heterocycles. The van der Waals surface area contributed by atoms with E-state index in [4.69, 9.17) is 11.6 Å². The molecule has 0 fully saturated rings. The molecule has 4 nitrogen and oxygen atoms in total. The van der Waals surface area contributed by atoms with Gasteiger partial charge in [-0.1, -0.05) is 35.9 Å². The summed E-state index contributed by atoms with van der Waals surface area (Å²) in [5.41, 5.74) is 3.02. The zero-order valence-corrected chi connectivity index (χ0v) is 13.9. The molecule has 1 amide bonds. The Bertz CT molecular complexity index is 923. The summed E-state index contributed by atoms with van der Waals surface area (Å²) >= 11 is 5.99. The van der Waals surface area contributed by atoms with Crippen LogP contribution in [-0.4, -0.2) is 11.0 Å². The molecule has 25 heavy (non-hydrogen) atoms. The number of phenolic OH excluding ortho intramolecular Hbond substituents is 1. The number of para-hydroxylation sites is 1. The van der Waals surface area contributed by atoms with Crippen molar-refractivity contribution < 1.29 is 9.90 Å². The number of rotatable bonds is 2. The predicted molar refractivity (Wildman–Crippen MR) is 99.2 cm³/mol. The van der Waals surface area contributed by atoms with Crippen LogP contribution in [0, 0.1) is 0 Å². The van der Waals surface area contributed by atoms with Crippen molar-refractivity contribution in [3.8, 4) is 5.75 Å². The van der Waals surface area contributed by atoms with Gasteiger partial charge in [-0.2, -0.15) is 0 Å². The van der Waals surface area contributed by atoms with Crippen molar-refractivity contribution in [3.05, 3.63) is 88.9 Å². The first-order valence-electron chi connectivity index (χ1n) is 7.87. The number of phenols is 1. The maximum atomic E-state index is 13.2. The fourth-order valence-electron chi connectivity index (χ4n) is 3.01. The van der Waals surface area contributed by atoms with Crippen LogP contribution in [0.3, 0.4) is 0 Å². The Kier molecular flexibility index (Phi) is 3.82. The Hall–Kier alpha value is -2.98. The van der Waals surface area contributed by atoms with Crippen LogP contribution in [0.15, 0.2) is 72.8 Å². The van der Waals surface area contributed by atoms with Gasteiger partial charge in [-0.25, -0.2) is 0 Å². The van der Waals surface area contributed by atoms with E-state index >= 15 is 0 Å². The maximum Gasteiger partial charge on any atom is 0.262 e. The highest BCUT2D eigenvalue weighted by Gasteiger charge is 2.33. The molecule has 2 N–H and O–H groups in total. The number of fused-ring (bicyclic) bond motifs is 1. The highest BCUT2D eigenvalue weighted by molar-refractivity contribution is 6.30. The Labute approximate surface area is 150 Å². The van der Waals surface area contributed by atoms with Crippen LogP contribution in [-0.2, 0) is 0 Å². The van der Waals surface area contributed by atoms with Crippen LogP contribution < -0.4 is 10.2 Å². The normalized spacial score (nSPS) is 16.3. The number of hydrogen-bond donors (Lipinski definition) is 2. The second-order valence-corrected chi connectivity index (χ2v) is 6.27. The van der Waals surface area contributed by atoms with Crippen molar-refractivity contribution in [2.75, 3.05) is 10.2 Å². The van der Waals surface area contributed by atoms with E-state index in [0.717, 1.165) is 16.9 Å². The molecule has 4 rings (SSSR count). The number of benzene rings is 3. The van der Waals surface area contributed by atoms with Gasteiger partial charge in [0.05, 0.1) is 5.56 Å². The van der Waals surface area contributed by atoms with Crippen molar-refractivity contribution >= 4 is 28.9 Å². The number of nitrogens with zero attached hydrogens (tertiary/aromatic N) is 1. The molecule has 1 aliphatic rings. The van der Waals surface area contributed by atoms with E-state index in [-0.39, 0.29) is 17.8 Å². The molecule has 1 aliphatic heterocycles. The Morgan fingerprint density at radius 3 is 2.32 bits per heavy atom. The first-order chi connectivity index (χ1) is 12.1. The van der Waals surface area contributed by atoms with Gasteiger partial charge >= 0.3 is 0 Å². The first kappa shape index (κ1) is 15.5. The van der Waals surface area contributed by atoms with E-state index in [9.17, 15) is 9.90 Å². The topological polar surface area (TPSA) is 52.6 Å². The Balaban J connectivity index is 1.85. The van der Waals surface area contributed by atoms with Crippen LogP contribution in [0.4, 0.5) is 11.4 Å².